The van der Waals surface area contributed by atoms with Crippen molar-refractivity contribution in [1.29, 1.82) is 0 Å². The highest BCUT2D eigenvalue weighted by Crippen LogP contribution is 2.52. The summed E-state index contributed by atoms with van der Waals surface area (Å²) in [5, 5.41) is 0. The van der Waals surface area contributed by atoms with E-state index >= 15 is 0 Å². The Hall–Kier alpha value is -2.19. The van der Waals surface area contributed by atoms with Crippen LogP contribution in [0, 0.1) is 13.8 Å². The van der Waals surface area contributed by atoms with Crippen molar-refractivity contribution in [1.82, 2.24) is 0 Å². The van der Waals surface area contributed by atoms with Crippen LogP contribution in [-0.4, -0.2) is 0 Å². The van der Waals surface area contributed by atoms with E-state index in [9.17, 15) is 0 Å². The summed E-state index contributed by atoms with van der Waals surface area (Å²) in [6.45, 7) is 4.31. The molecule has 0 unspecified atom stereocenters. The van der Waals surface area contributed by atoms with E-state index in [1.54, 1.807) is 0 Å². The van der Waals surface area contributed by atoms with E-state index in [4.69, 9.17) is 0 Å². The minimum atomic E-state index is 1.21. The summed E-state index contributed by atoms with van der Waals surface area (Å²) in [5.74, 6) is 0. The van der Waals surface area contributed by atoms with Crippen LogP contribution in [0.25, 0.3) is 0 Å². The molecule has 22 heavy (non-hydrogen) atoms. The summed E-state index contributed by atoms with van der Waals surface area (Å²) in [4.78, 5) is 5.03. The molecule has 1 heterocycles. The molecule has 0 spiro atoms. The Bertz CT molecular complexity index is 837. The largest absolute Gasteiger partial charge is 0.308 e. The fourth-order valence-electron chi connectivity index (χ4n) is 2.89. The van der Waals surface area contributed by atoms with Crippen molar-refractivity contribution in [2.24, 2.45) is 0 Å². The fraction of sp³-hybridized carbons (Fsp3) is 0.100. The van der Waals surface area contributed by atoms with Crippen molar-refractivity contribution in [3.8, 4) is 0 Å². The zero-order valence-corrected chi connectivity index (χ0v) is 13.5. The topological polar surface area (TPSA) is 3.24 Å². The molecule has 0 fully saturated rings. The Morgan fingerprint density at radius 1 is 0.727 bits per heavy atom. The predicted octanol–water partition coefficient (Wildman–Crippen LogP) is 6.24. The summed E-state index contributed by atoms with van der Waals surface area (Å²) in [5.41, 5.74) is 6.36. The van der Waals surface area contributed by atoms with E-state index in [0.29, 0.717) is 0 Å². The molecule has 0 amide bonds. The normalized spacial score (nSPS) is 12.7. The van der Waals surface area contributed by atoms with Crippen LogP contribution in [0.3, 0.4) is 0 Å². The molecular formula is C20H17NS. The molecule has 3 aromatic carbocycles. The van der Waals surface area contributed by atoms with Gasteiger partial charge in [0.2, 0.25) is 0 Å². The van der Waals surface area contributed by atoms with Crippen molar-refractivity contribution in [2.75, 3.05) is 4.90 Å². The van der Waals surface area contributed by atoms with E-state index in [1.807, 2.05) is 11.8 Å². The third kappa shape index (κ3) is 2.11. The van der Waals surface area contributed by atoms with Crippen LogP contribution >= 0.6 is 11.8 Å². The van der Waals surface area contributed by atoms with E-state index in [2.05, 4.69) is 85.5 Å². The van der Waals surface area contributed by atoms with Gasteiger partial charge in [-0.1, -0.05) is 53.7 Å². The third-order valence-corrected chi connectivity index (χ3v) is 5.34. The van der Waals surface area contributed by atoms with Crippen LogP contribution in [0.1, 0.15) is 11.1 Å². The van der Waals surface area contributed by atoms with Crippen LogP contribution in [0.2, 0.25) is 0 Å². The summed E-state index contributed by atoms with van der Waals surface area (Å²) in [7, 11) is 0. The standard InChI is InChI=1S/C20H17NS/c1-14-10-12-16(13-11-14)21-17-7-3-4-9-19(17)22-20-15(2)6-5-8-18(20)21/h3-13H,1-2H3. The first-order valence-electron chi connectivity index (χ1n) is 7.47. The molecule has 1 aliphatic rings. The molecule has 0 atom stereocenters. The molecule has 0 saturated heterocycles. The number of rotatable bonds is 1. The number of nitrogens with zero attached hydrogens (tertiary/aromatic N) is 1. The second kappa shape index (κ2) is 5.22. The Labute approximate surface area is 135 Å². The highest BCUT2D eigenvalue weighted by Gasteiger charge is 2.25. The summed E-state index contributed by atoms with van der Waals surface area (Å²) in [6.07, 6.45) is 0. The van der Waals surface area contributed by atoms with Gasteiger partial charge in [-0.15, -0.1) is 0 Å². The Kier molecular flexibility index (Phi) is 3.20. The van der Waals surface area contributed by atoms with Crippen LogP contribution in [-0.2, 0) is 0 Å². The monoisotopic (exact) mass is 303 g/mol. The molecule has 0 N–H and O–H groups in total. The molecule has 3 aromatic rings. The summed E-state index contributed by atoms with van der Waals surface area (Å²) < 4.78 is 0. The van der Waals surface area contributed by atoms with Crippen LogP contribution in [0.4, 0.5) is 17.1 Å². The maximum absolute atomic E-state index is 2.37. The number of fused-ring (bicyclic) bond motifs is 2. The van der Waals surface area contributed by atoms with Crippen molar-refractivity contribution in [3.05, 3.63) is 77.9 Å². The van der Waals surface area contributed by atoms with Gasteiger partial charge in [0, 0.05) is 15.5 Å². The molecule has 1 nitrogen and oxygen atoms in total. The van der Waals surface area contributed by atoms with E-state index in [-0.39, 0.29) is 0 Å². The second-order valence-electron chi connectivity index (χ2n) is 5.66. The van der Waals surface area contributed by atoms with Crippen LogP contribution in [0.5, 0.6) is 0 Å². The molecule has 4 rings (SSSR count). The average Bonchev–Trinajstić information content (AvgIpc) is 2.55. The Morgan fingerprint density at radius 2 is 1.45 bits per heavy atom. The molecule has 1 aliphatic heterocycles. The van der Waals surface area contributed by atoms with Gasteiger partial charge >= 0.3 is 0 Å². The van der Waals surface area contributed by atoms with Crippen LogP contribution in [0.15, 0.2) is 76.5 Å². The SMILES string of the molecule is Cc1ccc(N2c3ccccc3Sc3c(C)cccc32)cc1. The molecular weight excluding hydrogens is 286 g/mol. The van der Waals surface area contributed by atoms with Gasteiger partial charge in [0.05, 0.1) is 11.4 Å². The van der Waals surface area contributed by atoms with Gasteiger partial charge in [0.25, 0.3) is 0 Å². The highest BCUT2D eigenvalue weighted by atomic mass is 32.2. The van der Waals surface area contributed by atoms with Gasteiger partial charge in [0.1, 0.15) is 0 Å². The molecule has 0 saturated carbocycles. The molecule has 2 heteroatoms. The molecule has 0 radical (unpaired) electrons. The first-order valence-corrected chi connectivity index (χ1v) is 8.29. The maximum atomic E-state index is 2.37. The van der Waals surface area contributed by atoms with Gasteiger partial charge in [-0.2, -0.15) is 0 Å². The number of para-hydroxylation sites is 1. The predicted molar refractivity (Wildman–Crippen MR) is 94.7 cm³/mol. The zero-order chi connectivity index (χ0) is 15.1. The first kappa shape index (κ1) is 13.5. The lowest BCUT2D eigenvalue weighted by atomic mass is 10.1. The lowest BCUT2D eigenvalue weighted by molar-refractivity contribution is 1.14. The molecule has 0 aliphatic carbocycles. The van der Waals surface area contributed by atoms with Gasteiger partial charge in [-0.3, -0.25) is 0 Å². The summed E-state index contributed by atoms with van der Waals surface area (Å²) >= 11 is 1.87. The Morgan fingerprint density at radius 3 is 2.27 bits per heavy atom. The van der Waals surface area contributed by atoms with Gasteiger partial charge < -0.3 is 4.90 Å². The minimum absolute atomic E-state index is 1.21. The lowest BCUT2D eigenvalue weighted by Gasteiger charge is -2.33. The van der Waals surface area contributed by atoms with Crippen molar-refractivity contribution < 1.29 is 0 Å². The molecule has 108 valence electrons. The zero-order valence-electron chi connectivity index (χ0n) is 12.7. The quantitative estimate of drug-likeness (QED) is 0.409. The Balaban J connectivity index is 1.97. The second-order valence-corrected chi connectivity index (χ2v) is 6.72. The number of benzene rings is 3. The van der Waals surface area contributed by atoms with E-state index < -0.39 is 0 Å². The van der Waals surface area contributed by atoms with E-state index in [0.717, 1.165) is 0 Å². The van der Waals surface area contributed by atoms with Gasteiger partial charge in [-0.05, 0) is 49.7 Å². The summed E-state index contributed by atoms with van der Waals surface area (Å²) in [6, 6.07) is 23.9. The average molecular weight is 303 g/mol. The minimum Gasteiger partial charge on any atom is -0.308 e. The molecule has 0 aromatic heterocycles. The maximum Gasteiger partial charge on any atom is 0.0604 e. The smallest absolute Gasteiger partial charge is 0.0604 e. The number of hydrogen-bond acceptors (Lipinski definition) is 2. The van der Waals surface area contributed by atoms with Gasteiger partial charge in [-0.25, -0.2) is 0 Å². The van der Waals surface area contributed by atoms with E-state index in [1.165, 1.54) is 38.0 Å². The van der Waals surface area contributed by atoms with Crippen molar-refractivity contribution >= 4 is 28.8 Å². The third-order valence-electron chi connectivity index (χ3n) is 4.04. The van der Waals surface area contributed by atoms with Gasteiger partial charge in [0.15, 0.2) is 0 Å². The number of anilines is 3. The van der Waals surface area contributed by atoms with Crippen molar-refractivity contribution in [3.63, 3.8) is 0 Å². The van der Waals surface area contributed by atoms with Crippen molar-refractivity contribution in [2.45, 2.75) is 23.6 Å². The first-order chi connectivity index (χ1) is 10.7. The van der Waals surface area contributed by atoms with Crippen LogP contribution < -0.4 is 4.90 Å². The number of aryl methyl sites for hydroxylation is 2. The lowest BCUT2D eigenvalue weighted by Crippen LogP contribution is -2.15. The number of hydrogen-bond donors (Lipinski definition) is 0. The highest BCUT2D eigenvalue weighted by molar-refractivity contribution is 7.99. The fourth-order valence-corrected chi connectivity index (χ4v) is 4.01. The molecule has 0 bridgehead atoms.